The van der Waals surface area contributed by atoms with Crippen LogP contribution in [-0.2, 0) is 4.74 Å². The molecular weight excluding hydrogens is 302 g/mol. The number of ether oxygens (including phenoxy) is 1. The first-order chi connectivity index (χ1) is 10.7. The largest absolute Gasteiger partial charge is 0.444 e. The average molecular weight is 326 g/mol. The zero-order valence-corrected chi connectivity index (χ0v) is 13.8. The van der Waals surface area contributed by atoms with Crippen LogP contribution in [0.2, 0.25) is 0 Å². The van der Waals surface area contributed by atoms with Crippen LogP contribution in [0, 0.1) is 17.6 Å². The van der Waals surface area contributed by atoms with Crippen molar-refractivity contribution in [2.45, 2.75) is 51.7 Å². The number of amides is 1. The standard InChI is InChI=1S/C17H24F2N2O2/c1-17(2,3)23-16(22)20-10-11-5-4-6-15(11)21-14-8-12(18)7-13(19)9-14/h7-9,11,15,21H,4-6,10H2,1-3H3,(H,20,22). The summed E-state index contributed by atoms with van der Waals surface area (Å²) >= 11 is 0. The van der Waals surface area contributed by atoms with E-state index in [0.29, 0.717) is 12.2 Å². The van der Waals surface area contributed by atoms with Crippen LogP contribution in [0.4, 0.5) is 19.3 Å². The van der Waals surface area contributed by atoms with Gasteiger partial charge in [0.2, 0.25) is 0 Å². The van der Waals surface area contributed by atoms with Crippen LogP contribution < -0.4 is 10.6 Å². The number of carbonyl (C=O) groups excluding carboxylic acids is 1. The monoisotopic (exact) mass is 326 g/mol. The molecule has 23 heavy (non-hydrogen) atoms. The molecule has 1 aliphatic rings. The minimum Gasteiger partial charge on any atom is -0.444 e. The van der Waals surface area contributed by atoms with Gasteiger partial charge in [0.15, 0.2) is 0 Å². The third-order valence-electron chi connectivity index (χ3n) is 3.78. The highest BCUT2D eigenvalue weighted by atomic mass is 19.1. The molecule has 0 heterocycles. The minimum atomic E-state index is -0.603. The Kier molecular flexibility index (Phi) is 5.44. The van der Waals surface area contributed by atoms with Gasteiger partial charge in [-0.25, -0.2) is 13.6 Å². The van der Waals surface area contributed by atoms with Crippen LogP contribution in [0.25, 0.3) is 0 Å². The zero-order valence-electron chi connectivity index (χ0n) is 13.8. The molecular formula is C17H24F2N2O2. The summed E-state index contributed by atoms with van der Waals surface area (Å²) in [6.45, 7) is 5.91. The Morgan fingerprint density at radius 1 is 1.22 bits per heavy atom. The van der Waals surface area contributed by atoms with Gasteiger partial charge in [-0.05, 0) is 51.7 Å². The second-order valence-corrected chi connectivity index (χ2v) is 6.98. The molecule has 2 atom stereocenters. The molecule has 6 heteroatoms. The van der Waals surface area contributed by atoms with Crippen LogP contribution in [-0.4, -0.2) is 24.3 Å². The van der Waals surface area contributed by atoms with Crippen LogP contribution >= 0.6 is 0 Å². The van der Waals surface area contributed by atoms with Gasteiger partial charge in [0.1, 0.15) is 17.2 Å². The summed E-state index contributed by atoms with van der Waals surface area (Å²) < 4.78 is 31.7. The fourth-order valence-electron chi connectivity index (χ4n) is 2.85. The van der Waals surface area contributed by atoms with Crippen molar-refractivity contribution < 1.29 is 18.3 Å². The smallest absolute Gasteiger partial charge is 0.407 e. The van der Waals surface area contributed by atoms with Crippen molar-refractivity contribution in [2.24, 2.45) is 5.92 Å². The summed E-state index contributed by atoms with van der Waals surface area (Å²) in [5, 5.41) is 5.94. The lowest BCUT2D eigenvalue weighted by atomic mass is 10.0. The van der Waals surface area contributed by atoms with Crippen LogP contribution in [0.15, 0.2) is 18.2 Å². The maximum Gasteiger partial charge on any atom is 0.407 e. The van der Waals surface area contributed by atoms with Crippen molar-refractivity contribution >= 4 is 11.8 Å². The maximum absolute atomic E-state index is 13.3. The number of anilines is 1. The fourth-order valence-corrected chi connectivity index (χ4v) is 2.85. The van der Waals surface area contributed by atoms with Crippen molar-refractivity contribution in [3.05, 3.63) is 29.8 Å². The predicted octanol–water partition coefficient (Wildman–Crippen LogP) is 4.07. The lowest BCUT2D eigenvalue weighted by Crippen LogP contribution is -2.38. The van der Waals surface area contributed by atoms with Crippen LogP contribution in [0.3, 0.4) is 0 Å². The Labute approximate surface area is 135 Å². The first-order valence-electron chi connectivity index (χ1n) is 7.92. The Bertz CT molecular complexity index is 538. The fraction of sp³-hybridized carbons (Fsp3) is 0.588. The van der Waals surface area contributed by atoms with Gasteiger partial charge in [0.05, 0.1) is 0 Å². The molecule has 0 radical (unpaired) electrons. The molecule has 1 aromatic rings. The van der Waals surface area contributed by atoms with Gasteiger partial charge in [-0.1, -0.05) is 6.42 Å². The van der Waals surface area contributed by atoms with E-state index in [1.807, 2.05) is 20.8 Å². The summed E-state index contributed by atoms with van der Waals surface area (Å²) in [5.74, 6) is -1.00. The molecule has 0 spiro atoms. The molecule has 4 nitrogen and oxygen atoms in total. The number of benzene rings is 1. The van der Waals surface area contributed by atoms with E-state index in [4.69, 9.17) is 4.74 Å². The van der Waals surface area contributed by atoms with E-state index < -0.39 is 23.3 Å². The number of alkyl carbamates (subject to hydrolysis) is 1. The highest BCUT2D eigenvalue weighted by Crippen LogP contribution is 2.28. The molecule has 2 rings (SSSR count). The molecule has 128 valence electrons. The first kappa shape index (κ1) is 17.5. The molecule has 2 N–H and O–H groups in total. The van der Waals surface area contributed by atoms with E-state index in [2.05, 4.69) is 10.6 Å². The van der Waals surface area contributed by atoms with Crippen molar-refractivity contribution in [1.29, 1.82) is 0 Å². The second kappa shape index (κ2) is 7.15. The Morgan fingerprint density at radius 3 is 2.48 bits per heavy atom. The van der Waals surface area contributed by atoms with E-state index in [9.17, 15) is 13.6 Å². The van der Waals surface area contributed by atoms with Crippen molar-refractivity contribution in [3.8, 4) is 0 Å². The van der Waals surface area contributed by atoms with E-state index in [-0.39, 0.29) is 12.0 Å². The summed E-state index contributed by atoms with van der Waals surface area (Å²) in [5.41, 5.74) is -0.104. The summed E-state index contributed by atoms with van der Waals surface area (Å²) in [6.07, 6.45) is 2.42. The lowest BCUT2D eigenvalue weighted by Gasteiger charge is -2.24. The average Bonchev–Trinajstić information content (AvgIpc) is 2.80. The van der Waals surface area contributed by atoms with Crippen LogP contribution in [0.1, 0.15) is 40.0 Å². The highest BCUT2D eigenvalue weighted by Gasteiger charge is 2.28. The number of carbonyl (C=O) groups is 1. The third-order valence-corrected chi connectivity index (χ3v) is 3.78. The Balaban J connectivity index is 1.89. The number of hydrogen-bond donors (Lipinski definition) is 2. The molecule has 0 saturated heterocycles. The van der Waals surface area contributed by atoms with Crippen molar-refractivity contribution in [3.63, 3.8) is 0 Å². The SMILES string of the molecule is CC(C)(C)OC(=O)NCC1CCCC1Nc1cc(F)cc(F)c1. The number of hydrogen-bond acceptors (Lipinski definition) is 3. The minimum absolute atomic E-state index is 0.0751. The molecule has 0 aromatic heterocycles. The summed E-state index contributed by atoms with van der Waals surface area (Å²) in [4.78, 5) is 11.7. The molecule has 0 bridgehead atoms. The van der Waals surface area contributed by atoms with Crippen molar-refractivity contribution in [1.82, 2.24) is 5.32 Å². The zero-order chi connectivity index (χ0) is 17.0. The Hall–Kier alpha value is -1.85. The first-order valence-corrected chi connectivity index (χ1v) is 7.92. The quantitative estimate of drug-likeness (QED) is 0.877. The van der Waals surface area contributed by atoms with Crippen LogP contribution in [0.5, 0.6) is 0 Å². The molecule has 1 saturated carbocycles. The van der Waals surface area contributed by atoms with Gasteiger partial charge in [0, 0.05) is 24.3 Å². The highest BCUT2D eigenvalue weighted by molar-refractivity contribution is 5.67. The van der Waals surface area contributed by atoms with E-state index >= 15 is 0 Å². The molecule has 1 fully saturated rings. The summed E-state index contributed by atoms with van der Waals surface area (Å²) in [7, 11) is 0. The predicted molar refractivity (Wildman–Crippen MR) is 85.3 cm³/mol. The van der Waals surface area contributed by atoms with Gasteiger partial charge in [-0.2, -0.15) is 0 Å². The van der Waals surface area contributed by atoms with Gasteiger partial charge in [0.25, 0.3) is 0 Å². The molecule has 1 amide bonds. The van der Waals surface area contributed by atoms with Gasteiger partial charge in [-0.15, -0.1) is 0 Å². The molecule has 1 aromatic carbocycles. The van der Waals surface area contributed by atoms with Gasteiger partial charge in [-0.3, -0.25) is 0 Å². The van der Waals surface area contributed by atoms with Gasteiger partial charge >= 0.3 is 6.09 Å². The molecule has 2 unspecified atom stereocenters. The third kappa shape index (κ3) is 5.69. The normalized spacial score (nSPS) is 21.1. The second-order valence-electron chi connectivity index (χ2n) is 6.98. The van der Waals surface area contributed by atoms with E-state index in [1.165, 1.54) is 12.1 Å². The van der Waals surface area contributed by atoms with E-state index in [1.54, 1.807) is 0 Å². The number of rotatable bonds is 4. The number of halogens is 2. The topological polar surface area (TPSA) is 50.4 Å². The Morgan fingerprint density at radius 2 is 1.87 bits per heavy atom. The van der Waals surface area contributed by atoms with Crippen molar-refractivity contribution in [2.75, 3.05) is 11.9 Å². The van der Waals surface area contributed by atoms with Gasteiger partial charge < -0.3 is 15.4 Å². The molecule has 1 aliphatic carbocycles. The number of nitrogens with one attached hydrogen (secondary N) is 2. The maximum atomic E-state index is 13.3. The van der Waals surface area contributed by atoms with E-state index in [0.717, 1.165) is 25.3 Å². The summed E-state index contributed by atoms with van der Waals surface area (Å²) in [6, 6.07) is 3.48. The molecule has 0 aliphatic heterocycles. The lowest BCUT2D eigenvalue weighted by molar-refractivity contribution is 0.0519.